The highest BCUT2D eigenvalue weighted by Crippen LogP contribution is 2.44. The Kier molecular flexibility index (Phi) is 4.16. The van der Waals surface area contributed by atoms with E-state index in [9.17, 15) is 14.9 Å². The van der Waals surface area contributed by atoms with Gasteiger partial charge in [-0.3, -0.25) is 10.1 Å². The standard InChI is InChI=1S/C16H16N6O4/c1-7-10(15(23)26-2)11(8-4-3-5-9(6-8)22(24)25)12-13(17)20-16(18)21-14(12)19-7/h3-6,11H,1-2H3,(H5,17,18,19,20,21). The van der Waals surface area contributed by atoms with Crippen molar-refractivity contribution in [2.75, 3.05) is 23.9 Å². The van der Waals surface area contributed by atoms with Gasteiger partial charge in [0.15, 0.2) is 0 Å². The third-order valence-electron chi connectivity index (χ3n) is 4.10. The van der Waals surface area contributed by atoms with Crippen LogP contribution in [0, 0.1) is 10.1 Å². The monoisotopic (exact) mass is 356 g/mol. The number of benzene rings is 1. The number of ether oxygens (including phenoxy) is 1. The van der Waals surface area contributed by atoms with Crippen LogP contribution in [0.15, 0.2) is 35.5 Å². The molecule has 134 valence electrons. The summed E-state index contributed by atoms with van der Waals surface area (Å²) in [5.74, 6) is -0.935. The van der Waals surface area contributed by atoms with Gasteiger partial charge in [-0.05, 0) is 12.5 Å². The van der Waals surface area contributed by atoms with Crippen molar-refractivity contribution in [3.8, 4) is 0 Å². The topological polar surface area (TPSA) is 159 Å². The van der Waals surface area contributed by atoms with Crippen LogP contribution in [0.1, 0.15) is 24.0 Å². The van der Waals surface area contributed by atoms with Gasteiger partial charge in [0, 0.05) is 23.4 Å². The van der Waals surface area contributed by atoms with Gasteiger partial charge in [-0.1, -0.05) is 12.1 Å². The van der Waals surface area contributed by atoms with Crippen LogP contribution in [-0.4, -0.2) is 28.0 Å². The van der Waals surface area contributed by atoms with E-state index in [2.05, 4.69) is 15.3 Å². The first-order valence-electron chi connectivity index (χ1n) is 7.56. The second kappa shape index (κ2) is 6.31. The summed E-state index contributed by atoms with van der Waals surface area (Å²) in [5.41, 5.74) is 13.2. The Hall–Kier alpha value is -3.69. The van der Waals surface area contributed by atoms with Gasteiger partial charge >= 0.3 is 5.97 Å². The number of hydrogen-bond acceptors (Lipinski definition) is 9. The summed E-state index contributed by atoms with van der Waals surface area (Å²) < 4.78 is 4.89. The zero-order chi connectivity index (χ0) is 19.0. The van der Waals surface area contributed by atoms with E-state index in [1.807, 2.05) is 0 Å². The normalized spacial score (nSPS) is 15.8. The maximum Gasteiger partial charge on any atom is 0.336 e. The molecule has 1 aliphatic heterocycles. The van der Waals surface area contributed by atoms with E-state index in [1.54, 1.807) is 13.0 Å². The zero-order valence-corrected chi connectivity index (χ0v) is 14.0. The summed E-state index contributed by atoms with van der Waals surface area (Å²) in [6.07, 6.45) is 0. The Balaban J connectivity index is 2.30. The lowest BCUT2D eigenvalue weighted by molar-refractivity contribution is -0.384. The molecule has 2 heterocycles. The number of nitro benzene ring substituents is 1. The molecule has 1 aromatic carbocycles. The summed E-state index contributed by atoms with van der Waals surface area (Å²) in [7, 11) is 1.26. The Morgan fingerprint density at radius 3 is 2.73 bits per heavy atom. The maximum atomic E-state index is 12.4. The summed E-state index contributed by atoms with van der Waals surface area (Å²) >= 11 is 0. The second-order valence-electron chi connectivity index (χ2n) is 5.67. The molecule has 5 N–H and O–H groups in total. The number of rotatable bonds is 3. The maximum absolute atomic E-state index is 12.4. The van der Waals surface area contributed by atoms with Gasteiger partial charge in [-0.15, -0.1) is 0 Å². The van der Waals surface area contributed by atoms with Crippen molar-refractivity contribution in [3.63, 3.8) is 0 Å². The van der Waals surface area contributed by atoms with E-state index < -0.39 is 16.8 Å². The molecule has 0 spiro atoms. The Labute approximate surface area is 148 Å². The smallest absolute Gasteiger partial charge is 0.336 e. The number of nitro groups is 1. The molecule has 10 heteroatoms. The molecule has 0 saturated carbocycles. The first-order chi connectivity index (χ1) is 12.3. The van der Waals surface area contributed by atoms with Crippen molar-refractivity contribution in [1.82, 2.24) is 9.97 Å². The average molecular weight is 356 g/mol. The number of nitrogens with two attached hydrogens (primary N) is 2. The number of nitrogen functional groups attached to an aromatic ring is 2. The number of allylic oxidation sites excluding steroid dienone is 1. The molecule has 0 aliphatic carbocycles. The fourth-order valence-electron chi connectivity index (χ4n) is 3.02. The number of esters is 1. The van der Waals surface area contributed by atoms with Crippen LogP contribution in [0.3, 0.4) is 0 Å². The lowest BCUT2D eigenvalue weighted by Gasteiger charge is -2.29. The summed E-state index contributed by atoms with van der Waals surface area (Å²) in [4.78, 5) is 31.1. The van der Waals surface area contributed by atoms with E-state index in [0.29, 0.717) is 22.6 Å². The molecule has 0 amide bonds. The molecule has 3 rings (SSSR count). The van der Waals surface area contributed by atoms with E-state index >= 15 is 0 Å². The van der Waals surface area contributed by atoms with Gasteiger partial charge in [0.2, 0.25) is 5.95 Å². The lowest BCUT2D eigenvalue weighted by atomic mass is 9.82. The largest absolute Gasteiger partial charge is 0.466 e. The van der Waals surface area contributed by atoms with Crippen LogP contribution in [0.2, 0.25) is 0 Å². The van der Waals surface area contributed by atoms with E-state index in [0.717, 1.165) is 0 Å². The van der Waals surface area contributed by atoms with Gasteiger partial charge in [0.1, 0.15) is 11.6 Å². The number of fused-ring (bicyclic) bond motifs is 1. The number of nitrogens with one attached hydrogen (secondary N) is 1. The molecule has 1 aliphatic rings. The van der Waals surface area contributed by atoms with E-state index in [-0.39, 0.29) is 23.0 Å². The minimum Gasteiger partial charge on any atom is -0.466 e. The van der Waals surface area contributed by atoms with Crippen molar-refractivity contribution in [2.24, 2.45) is 0 Å². The number of carbonyl (C=O) groups excluding carboxylic acids is 1. The summed E-state index contributed by atoms with van der Waals surface area (Å²) in [5, 5.41) is 14.1. The number of anilines is 3. The Morgan fingerprint density at radius 1 is 1.35 bits per heavy atom. The second-order valence-corrected chi connectivity index (χ2v) is 5.67. The van der Waals surface area contributed by atoms with Gasteiger partial charge in [-0.25, -0.2) is 4.79 Å². The van der Waals surface area contributed by atoms with Crippen molar-refractivity contribution < 1.29 is 14.5 Å². The van der Waals surface area contributed by atoms with E-state index in [1.165, 1.54) is 25.3 Å². The SMILES string of the molecule is COC(=O)C1=C(C)Nc2nc(N)nc(N)c2C1c1cccc([N+](=O)[O-])c1. The molecule has 0 saturated heterocycles. The fourth-order valence-corrected chi connectivity index (χ4v) is 3.02. The molecule has 1 unspecified atom stereocenters. The summed E-state index contributed by atoms with van der Waals surface area (Å²) in [6.45, 7) is 1.67. The molecule has 1 atom stereocenters. The molecule has 10 nitrogen and oxygen atoms in total. The molecule has 2 aromatic rings. The number of aromatic nitrogens is 2. The highest BCUT2D eigenvalue weighted by molar-refractivity contribution is 5.95. The molecule has 0 bridgehead atoms. The predicted molar refractivity (Wildman–Crippen MR) is 94.1 cm³/mol. The zero-order valence-electron chi connectivity index (χ0n) is 14.0. The highest BCUT2D eigenvalue weighted by Gasteiger charge is 2.36. The van der Waals surface area contributed by atoms with E-state index in [4.69, 9.17) is 16.2 Å². The van der Waals surface area contributed by atoms with Crippen molar-refractivity contribution in [3.05, 3.63) is 56.8 Å². The van der Waals surface area contributed by atoms with Crippen LogP contribution < -0.4 is 16.8 Å². The van der Waals surface area contributed by atoms with Crippen molar-refractivity contribution in [2.45, 2.75) is 12.8 Å². The number of methoxy groups -OCH3 is 1. The average Bonchev–Trinajstić information content (AvgIpc) is 2.59. The molecular weight excluding hydrogens is 340 g/mol. The predicted octanol–water partition coefficient (Wildman–Crippen LogP) is 1.55. The number of carbonyl (C=O) groups is 1. The first-order valence-corrected chi connectivity index (χ1v) is 7.56. The van der Waals surface area contributed by atoms with Crippen LogP contribution in [-0.2, 0) is 9.53 Å². The lowest BCUT2D eigenvalue weighted by Crippen LogP contribution is -2.26. The van der Waals surface area contributed by atoms with Gasteiger partial charge in [0.25, 0.3) is 5.69 Å². The first kappa shape index (κ1) is 17.1. The number of non-ortho nitro benzene ring substituents is 1. The minimum absolute atomic E-state index is 0.0270. The van der Waals surface area contributed by atoms with Crippen molar-refractivity contribution >= 4 is 29.2 Å². The van der Waals surface area contributed by atoms with Crippen LogP contribution in [0.5, 0.6) is 0 Å². The quantitative estimate of drug-likeness (QED) is 0.421. The van der Waals surface area contributed by atoms with Crippen LogP contribution in [0.25, 0.3) is 0 Å². The summed E-state index contributed by atoms with van der Waals surface area (Å²) in [6, 6.07) is 5.95. The highest BCUT2D eigenvalue weighted by atomic mass is 16.6. The van der Waals surface area contributed by atoms with Gasteiger partial charge < -0.3 is 21.5 Å². The third-order valence-corrected chi connectivity index (χ3v) is 4.10. The number of hydrogen-bond donors (Lipinski definition) is 3. The third kappa shape index (κ3) is 2.77. The number of nitrogens with zero attached hydrogens (tertiary/aromatic N) is 3. The minimum atomic E-state index is -0.737. The molecule has 0 fully saturated rings. The van der Waals surface area contributed by atoms with Gasteiger partial charge in [0.05, 0.1) is 23.5 Å². The fraction of sp³-hybridized carbons (Fsp3) is 0.188. The Morgan fingerprint density at radius 2 is 2.08 bits per heavy atom. The Bertz CT molecular complexity index is 956. The molecule has 0 radical (unpaired) electrons. The molecule has 1 aromatic heterocycles. The van der Waals surface area contributed by atoms with Crippen LogP contribution >= 0.6 is 0 Å². The molecular formula is C16H16N6O4. The molecule has 26 heavy (non-hydrogen) atoms. The van der Waals surface area contributed by atoms with Crippen molar-refractivity contribution in [1.29, 1.82) is 0 Å². The van der Waals surface area contributed by atoms with Gasteiger partial charge in [-0.2, -0.15) is 9.97 Å². The van der Waals surface area contributed by atoms with Crippen LogP contribution in [0.4, 0.5) is 23.3 Å².